The topological polar surface area (TPSA) is 52.7 Å². The van der Waals surface area contributed by atoms with E-state index >= 15 is 0 Å². The van der Waals surface area contributed by atoms with E-state index in [0.717, 1.165) is 36.4 Å². The number of anilines is 2. The third-order valence-electron chi connectivity index (χ3n) is 5.29. The average Bonchev–Trinajstić information content (AvgIpc) is 2.78. The predicted molar refractivity (Wildman–Crippen MR) is 115 cm³/mol. The zero-order chi connectivity index (χ0) is 23.5. The van der Waals surface area contributed by atoms with Crippen molar-refractivity contribution >= 4 is 23.3 Å². The van der Waals surface area contributed by atoms with Gasteiger partial charge in [0.2, 0.25) is 0 Å². The number of nitrogens with one attached hydrogen (secondary N) is 1. The van der Waals surface area contributed by atoms with Crippen LogP contribution in [0.2, 0.25) is 0 Å². The number of carbonyl (C=O) groups is 2. The van der Waals surface area contributed by atoms with Crippen LogP contribution in [-0.2, 0) is 6.54 Å². The first-order chi connectivity index (χ1) is 15.8. The van der Waals surface area contributed by atoms with Crippen LogP contribution < -0.4 is 10.2 Å². The molecule has 0 saturated carbocycles. The number of halogens is 4. The Bertz CT molecular complexity index is 1200. The lowest BCUT2D eigenvalue weighted by atomic mass is 10.1. The standard InChI is InChI=1S/C24H19F4N3O2/c25-16-8-9-19(26)15(12-16)14-30-10-3-11-31(24(30)33)18-5-1-4-17(13-18)29-23(32)22-20(27)6-2-7-21(22)28/h1-2,4-9,12-13H,3,10-11,14H2,(H,29,32). The maximum absolute atomic E-state index is 14.0. The molecule has 33 heavy (non-hydrogen) atoms. The van der Waals surface area contributed by atoms with Crippen molar-refractivity contribution in [3.05, 3.63) is 95.1 Å². The monoisotopic (exact) mass is 457 g/mol. The van der Waals surface area contributed by atoms with Gasteiger partial charge in [0.1, 0.15) is 28.8 Å². The molecule has 4 rings (SSSR count). The van der Waals surface area contributed by atoms with Gasteiger partial charge >= 0.3 is 6.03 Å². The van der Waals surface area contributed by atoms with Crippen LogP contribution in [0.15, 0.2) is 60.7 Å². The first-order valence-corrected chi connectivity index (χ1v) is 10.2. The van der Waals surface area contributed by atoms with Crippen molar-refractivity contribution in [1.29, 1.82) is 0 Å². The predicted octanol–water partition coefficient (Wildman–Crippen LogP) is 5.33. The maximum Gasteiger partial charge on any atom is 0.324 e. The van der Waals surface area contributed by atoms with Gasteiger partial charge in [0.15, 0.2) is 0 Å². The van der Waals surface area contributed by atoms with E-state index in [9.17, 15) is 27.2 Å². The minimum Gasteiger partial charge on any atom is -0.322 e. The Morgan fingerprint density at radius 1 is 0.879 bits per heavy atom. The molecule has 1 heterocycles. The quantitative estimate of drug-likeness (QED) is 0.527. The normalized spacial score (nSPS) is 13.9. The van der Waals surface area contributed by atoms with Crippen molar-refractivity contribution in [2.45, 2.75) is 13.0 Å². The van der Waals surface area contributed by atoms with Crippen molar-refractivity contribution in [3.63, 3.8) is 0 Å². The number of urea groups is 1. The van der Waals surface area contributed by atoms with E-state index in [4.69, 9.17) is 0 Å². The van der Waals surface area contributed by atoms with E-state index in [1.165, 1.54) is 21.9 Å². The van der Waals surface area contributed by atoms with Crippen LogP contribution in [0.4, 0.5) is 33.7 Å². The van der Waals surface area contributed by atoms with Crippen molar-refractivity contribution < 1.29 is 27.2 Å². The molecule has 1 fully saturated rings. The van der Waals surface area contributed by atoms with Crippen LogP contribution in [0.5, 0.6) is 0 Å². The molecule has 170 valence electrons. The molecule has 0 unspecified atom stereocenters. The number of amides is 3. The summed E-state index contributed by atoms with van der Waals surface area (Å²) in [5.41, 5.74) is 0.0378. The summed E-state index contributed by atoms with van der Waals surface area (Å²) in [6.45, 7) is 0.649. The van der Waals surface area contributed by atoms with Crippen LogP contribution in [-0.4, -0.2) is 29.9 Å². The molecule has 0 radical (unpaired) electrons. The Labute approximate surface area is 187 Å². The Kier molecular flexibility index (Phi) is 6.30. The minimum atomic E-state index is -0.991. The average molecular weight is 457 g/mol. The number of benzene rings is 3. The zero-order valence-corrected chi connectivity index (χ0v) is 17.3. The molecule has 0 aromatic heterocycles. The number of rotatable bonds is 5. The van der Waals surface area contributed by atoms with Gasteiger partial charge in [0.05, 0.1) is 6.54 Å². The molecule has 0 atom stereocenters. The van der Waals surface area contributed by atoms with Gasteiger partial charge in [0, 0.05) is 30.0 Å². The van der Waals surface area contributed by atoms with Crippen molar-refractivity contribution in [2.24, 2.45) is 0 Å². The number of nitrogens with zero attached hydrogens (tertiary/aromatic N) is 2. The molecule has 9 heteroatoms. The van der Waals surface area contributed by atoms with E-state index in [1.54, 1.807) is 12.1 Å². The number of hydrogen-bond donors (Lipinski definition) is 1. The van der Waals surface area contributed by atoms with Gasteiger partial charge in [-0.1, -0.05) is 12.1 Å². The molecule has 3 aromatic rings. The van der Waals surface area contributed by atoms with Gasteiger partial charge < -0.3 is 10.2 Å². The Morgan fingerprint density at radius 2 is 1.61 bits per heavy atom. The molecule has 1 aliphatic heterocycles. The molecule has 0 aliphatic carbocycles. The third-order valence-corrected chi connectivity index (χ3v) is 5.29. The highest BCUT2D eigenvalue weighted by molar-refractivity contribution is 6.05. The van der Waals surface area contributed by atoms with Crippen molar-refractivity contribution in [1.82, 2.24) is 4.90 Å². The van der Waals surface area contributed by atoms with Crippen LogP contribution in [0, 0.1) is 23.3 Å². The van der Waals surface area contributed by atoms with E-state index in [1.807, 2.05) is 0 Å². The highest BCUT2D eigenvalue weighted by atomic mass is 19.1. The van der Waals surface area contributed by atoms with Gasteiger partial charge in [-0.3, -0.25) is 9.69 Å². The first-order valence-electron chi connectivity index (χ1n) is 10.2. The molecular formula is C24H19F4N3O2. The Morgan fingerprint density at radius 3 is 2.36 bits per heavy atom. The zero-order valence-electron chi connectivity index (χ0n) is 17.3. The maximum atomic E-state index is 14.0. The second-order valence-corrected chi connectivity index (χ2v) is 7.55. The molecule has 5 nitrogen and oxygen atoms in total. The van der Waals surface area contributed by atoms with Crippen LogP contribution in [0.25, 0.3) is 0 Å². The summed E-state index contributed by atoms with van der Waals surface area (Å²) in [5.74, 6) is -4.14. The number of carbonyl (C=O) groups excluding carboxylic acids is 2. The second kappa shape index (κ2) is 9.32. The van der Waals surface area contributed by atoms with Gasteiger partial charge in [0.25, 0.3) is 5.91 Å². The fraction of sp³-hybridized carbons (Fsp3) is 0.167. The van der Waals surface area contributed by atoms with Crippen molar-refractivity contribution in [2.75, 3.05) is 23.3 Å². The van der Waals surface area contributed by atoms with Crippen LogP contribution in [0.3, 0.4) is 0 Å². The summed E-state index contributed by atoms with van der Waals surface area (Å²) in [7, 11) is 0. The molecule has 1 N–H and O–H groups in total. The fourth-order valence-electron chi connectivity index (χ4n) is 3.70. The van der Waals surface area contributed by atoms with Gasteiger partial charge in [-0.2, -0.15) is 0 Å². The second-order valence-electron chi connectivity index (χ2n) is 7.55. The summed E-state index contributed by atoms with van der Waals surface area (Å²) < 4.78 is 55.3. The minimum absolute atomic E-state index is 0.0677. The third kappa shape index (κ3) is 4.82. The lowest BCUT2D eigenvalue weighted by Gasteiger charge is -2.36. The Hall–Kier alpha value is -3.88. The van der Waals surface area contributed by atoms with E-state index in [-0.39, 0.29) is 17.8 Å². The molecule has 3 amide bonds. The van der Waals surface area contributed by atoms with Crippen molar-refractivity contribution in [3.8, 4) is 0 Å². The molecule has 0 spiro atoms. The molecule has 3 aromatic carbocycles. The lowest BCUT2D eigenvalue weighted by molar-refractivity contribution is 0.101. The molecule has 1 saturated heterocycles. The van der Waals surface area contributed by atoms with Crippen LogP contribution >= 0.6 is 0 Å². The summed E-state index contributed by atoms with van der Waals surface area (Å²) >= 11 is 0. The Balaban J connectivity index is 1.52. The number of hydrogen-bond acceptors (Lipinski definition) is 2. The molecule has 1 aliphatic rings. The molecular weight excluding hydrogens is 438 g/mol. The SMILES string of the molecule is O=C(Nc1cccc(N2CCCN(Cc3cc(F)ccc3F)C2=O)c1)c1c(F)cccc1F. The summed E-state index contributed by atoms with van der Waals surface area (Å²) in [6.07, 6.45) is 0.583. The summed E-state index contributed by atoms with van der Waals surface area (Å²) in [5, 5.41) is 2.44. The summed E-state index contributed by atoms with van der Waals surface area (Å²) in [4.78, 5) is 28.2. The highest BCUT2D eigenvalue weighted by Crippen LogP contribution is 2.25. The highest BCUT2D eigenvalue weighted by Gasteiger charge is 2.28. The van der Waals surface area contributed by atoms with Crippen LogP contribution in [0.1, 0.15) is 22.3 Å². The lowest BCUT2D eigenvalue weighted by Crippen LogP contribution is -2.49. The van der Waals surface area contributed by atoms with E-state index in [0.29, 0.717) is 25.2 Å². The van der Waals surface area contributed by atoms with E-state index < -0.39 is 40.8 Å². The van der Waals surface area contributed by atoms with Gasteiger partial charge in [-0.05, 0) is 55.0 Å². The fourth-order valence-corrected chi connectivity index (χ4v) is 3.70. The van der Waals surface area contributed by atoms with Gasteiger partial charge in [-0.25, -0.2) is 22.4 Å². The first kappa shape index (κ1) is 22.3. The smallest absolute Gasteiger partial charge is 0.322 e. The largest absolute Gasteiger partial charge is 0.324 e. The summed E-state index contributed by atoms with van der Waals surface area (Å²) in [6, 6.07) is 12.0. The molecule has 0 bridgehead atoms. The van der Waals surface area contributed by atoms with Gasteiger partial charge in [-0.15, -0.1) is 0 Å². The van der Waals surface area contributed by atoms with E-state index in [2.05, 4.69) is 5.32 Å².